The monoisotopic (exact) mass is 225 g/mol. The molecule has 0 radical (unpaired) electrons. The van der Waals surface area contributed by atoms with E-state index < -0.39 is 0 Å². The summed E-state index contributed by atoms with van der Waals surface area (Å²) in [6, 6.07) is 0. The number of carbonyl (C=O) groups excluding carboxylic acids is 1. The highest BCUT2D eigenvalue weighted by Crippen LogP contribution is 2.10. The first kappa shape index (κ1) is 13.1. The maximum atomic E-state index is 11.1. The van der Waals surface area contributed by atoms with Gasteiger partial charge in [-0.05, 0) is 12.7 Å². The quantitative estimate of drug-likeness (QED) is 0.768. The summed E-state index contributed by atoms with van der Waals surface area (Å²) in [7, 11) is 0. The Kier molecular flexibility index (Phi) is 6.55. The molecule has 1 N–H and O–H groups in total. The van der Waals surface area contributed by atoms with Crippen LogP contribution in [0.3, 0.4) is 0 Å². The van der Waals surface area contributed by atoms with Gasteiger partial charge in [0, 0.05) is 25.3 Å². The number of amides is 1. The minimum Gasteiger partial charge on any atom is -0.390 e. The normalized spacial score (nSPS) is 18.6. The van der Waals surface area contributed by atoms with Gasteiger partial charge in [0.2, 0.25) is 5.91 Å². The summed E-state index contributed by atoms with van der Waals surface area (Å²) >= 11 is 1.61. The summed E-state index contributed by atoms with van der Waals surface area (Å²) in [5.74, 6) is 0.902. The number of thioether (sulfide) groups is 1. The fourth-order valence-electron chi connectivity index (χ4n) is 1.40. The van der Waals surface area contributed by atoms with Crippen molar-refractivity contribution < 1.29 is 9.90 Å². The first-order chi connectivity index (χ1) is 5.74. The second-order valence-electron chi connectivity index (χ2n) is 3.05. The van der Waals surface area contributed by atoms with Crippen LogP contribution >= 0.6 is 24.2 Å². The summed E-state index contributed by atoms with van der Waals surface area (Å²) in [5, 5.41) is 9.41. The Morgan fingerprint density at radius 1 is 1.69 bits per heavy atom. The van der Waals surface area contributed by atoms with Crippen LogP contribution in [0, 0.1) is 0 Å². The van der Waals surface area contributed by atoms with Crippen LogP contribution in [-0.4, -0.2) is 47.1 Å². The van der Waals surface area contributed by atoms with E-state index in [9.17, 15) is 9.90 Å². The first-order valence-electron chi connectivity index (χ1n) is 4.19. The summed E-state index contributed by atoms with van der Waals surface area (Å²) in [6.45, 7) is 1.34. The molecule has 0 aliphatic carbocycles. The standard InChI is InChI=1S/C8H15NO2S.ClH/c1-12-6-7(10)5-9-4-2-3-8(9)11;/h7,10H,2-6H2,1H3;1H. The Balaban J connectivity index is 0.00000144. The summed E-state index contributed by atoms with van der Waals surface area (Å²) in [5.41, 5.74) is 0. The highest BCUT2D eigenvalue weighted by molar-refractivity contribution is 7.98. The predicted octanol–water partition coefficient (Wildman–Crippen LogP) is 0.754. The molecule has 0 aromatic rings. The molecular formula is C8H16ClNO2S. The zero-order valence-electron chi connectivity index (χ0n) is 7.73. The summed E-state index contributed by atoms with van der Waals surface area (Å²) in [4.78, 5) is 12.9. The molecule has 1 amide bonds. The molecule has 0 bridgehead atoms. The number of rotatable bonds is 4. The number of likely N-dealkylation sites (tertiary alicyclic amines) is 1. The number of carbonyl (C=O) groups is 1. The minimum atomic E-state index is -0.359. The van der Waals surface area contributed by atoms with Gasteiger partial charge in [0.05, 0.1) is 6.10 Å². The fraction of sp³-hybridized carbons (Fsp3) is 0.875. The molecular weight excluding hydrogens is 210 g/mol. The number of hydrogen-bond acceptors (Lipinski definition) is 3. The van der Waals surface area contributed by atoms with Crippen molar-refractivity contribution in [2.75, 3.05) is 25.1 Å². The molecule has 1 aliphatic rings. The van der Waals surface area contributed by atoms with E-state index in [-0.39, 0.29) is 24.4 Å². The highest BCUT2D eigenvalue weighted by Gasteiger charge is 2.21. The van der Waals surface area contributed by atoms with E-state index in [1.54, 1.807) is 16.7 Å². The van der Waals surface area contributed by atoms with Gasteiger partial charge in [0.1, 0.15) is 0 Å². The number of halogens is 1. The molecule has 3 nitrogen and oxygen atoms in total. The SMILES string of the molecule is CSCC(O)CN1CCCC1=O.Cl. The van der Waals surface area contributed by atoms with Gasteiger partial charge in [0.25, 0.3) is 0 Å². The Bertz CT molecular complexity index is 168. The number of β-amino-alcohol motifs (C(OH)–C–C–N with tert-alkyl or cyclic N) is 1. The van der Waals surface area contributed by atoms with E-state index in [2.05, 4.69) is 0 Å². The van der Waals surface area contributed by atoms with Crippen molar-refractivity contribution >= 4 is 30.1 Å². The van der Waals surface area contributed by atoms with E-state index in [0.717, 1.165) is 13.0 Å². The second-order valence-corrected chi connectivity index (χ2v) is 3.96. The Morgan fingerprint density at radius 3 is 2.85 bits per heavy atom. The van der Waals surface area contributed by atoms with Crippen molar-refractivity contribution in [3.63, 3.8) is 0 Å². The van der Waals surface area contributed by atoms with E-state index in [1.165, 1.54) is 0 Å². The molecule has 78 valence electrons. The lowest BCUT2D eigenvalue weighted by Gasteiger charge is -2.18. The van der Waals surface area contributed by atoms with Crippen LogP contribution in [0.25, 0.3) is 0 Å². The Hall–Kier alpha value is 0.0700. The lowest BCUT2D eigenvalue weighted by atomic mass is 10.4. The third-order valence-electron chi connectivity index (χ3n) is 1.96. The number of aliphatic hydroxyl groups excluding tert-OH is 1. The Labute approximate surface area is 89.3 Å². The molecule has 5 heteroatoms. The lowest BCUT2D eigenvalue weighted by molar-refractivity contribution is -0.128. The molecule has 0 aromatic heterocycles. The van der Waals surface area contributed by atoms with Gasteiger partial charge in [-0.15, -0.1) is 12.4 Å². The smallest absolute Gasteiger partial charge is 0.222 e. The largest absolute Gasteiger partial charge is 0.390 e. The van der Waals surface area contributed by atoms with Gasteiger partial charge < -0.3 is 10.0 Å². The van der Waals surface area contributed by atoms with Crippen molar-refractivity contribution in [3.05, 3.63) is 0 Å². The molecule has 1 aliphatic heterocycles. The van der Waals surface area contributed by atoms with Crippen molar-refractivity contribution in [2.24, 2.45) is 0 Å². The van der Waals surface area contributed by atoms with Crippen molar-refractivity contribution in [3.8, 4) is 0 Å². The predicted molar refractivity (Wildman–Crippen MR) is 57.5 cm³/mol. The van der Waals surface area contributed by atoms with Gasteiger partial charge >= 0.3 is 0 Å². The number of aliphatic hydroxyl groups is 1. The van der Waals surface area contributed by atoms with Gasteiger partial charge in [-0.1, -0.05) is 0 Å². The highest BCUT2D eigenvalue weighted by atomic mass is 35.5. The molecule has 1 fully saturated rings. The lowest BCUT2D eigenvalue weighted by Crippen LogP contribution is -2.34. The molecule has 0 saturated carbocycles. The fourth-order valence-corrected chi connectivity index (χ4v) is 1.89. The molecule has 1 unspecified atom stereocenters. The van der Waals surface area contributed by atoms with E-state index in [1.807, 2.05) is 6.26 Å². The van der Waals surface area contributed by atoms with Crippen LogP contribution in [0.1, 0.15) is 12.8 Å². The average Bonchev–Trinajstić information content (AvgIpc) is 2.37. The van der Waals surface area contributed by atoms with Gasteiger partial charge in [-0.25, -0.2) is 0 Å². The molecule has 1 saturated heterocycles. The molecule has 13 heavy (non-hydrogen) atoms. The van der Waals surface area contributed by atoms with Crippen molar-refractivity contribution in [1.82, 2.24) is 4.90 Å². The van der Waals surface area contributed by atoms with Crippen LogP contribution in [0.2, 0.25) is 0 Å². The van der Waals surface area contributed by atoms with Crippen LogP contribution in [0.4, 0.5) is 0 Å². The van der Waals surface area contributed by atoms with Gasteiger partial charge in [-0.3, -0.25) is 4.79 Å². The molecule has 1 heterocycles. The average molecular weight is 226 g/mol. The van der Waals surface area contributed by atoms with Gasteiger partial charge in [0.15, 0.2) is 0 Å². The zero-order valence-corrected chi connectivity index (χ0v) is 9.37. The van der Waals surface area contributed by atoms with Crippen molar-refractivity contribution in [2.45, 2.75) is 18.9 Å². The van der Waals surface area contributed by atoms with E-state index >= 15 is 0 Å². The Morgan fingerprint density at radius 2 is 2.38 bits per heavy atom. The van der Waals surface area contributed by atoms with E-state index in [4.69, 9.17) is 0 Å². The topological polar surface area (TPSA) is 40.5 Å². The van der Waals surface area contributed by atoms with Gasteiger partial charge in [-0.2, -0.15) is 11.8 Å². The van der Waals surface area contributed by atoms with Crippen LogP contribution in [0.5, 0.6) is 0 Å². The number of nitrogens with zero attached hydrogens (tertiary/aromatic N) is 1. The summed E-state index contributed by atoms with van der Waals surface area (Å²) < 4.78 is 0. The molecule has 1 atom stereocenters. The van der Waals surface area contributed by atoms with Crippen LogP contribution in [-0.2, 0) is 4.79 Å². The summed E-state index contributed by atoms with van der Waals surface area (Å²) in [6.07, 6.45) is 3.20. The molecule has 0 spiro atoms. The maximum absolute atomic E-state index is 11.1. The second kappa shape index (κ2) is 6.51. The minimum absolute atomic E-state index is 0. The maximum Gasteiger partial charge on any atom is 0.222 e. The third kappa shape index (κ3) is 4.20. The number of hydrogen-bond donors (Lipinski definition) is 1. The van der Waals surface area contributed by atoms with Crippen LogP contribution in [0.15, 0.2) is 0 Å². The molecule has 1 rings (SSSR count). The molecule has 0 aromatic carbocycles. The zero-order chi connectivity index (χ0) is 8.97. The van der Waals surface area contributed by atoms with Crippen molar-refractivity contribution in [1.29, 1.82) is 0 Å². The van der Waals surface area contributed by atoms with E-state index in [0.29, 0.717) is 18.7 Å². The van der Waals surface area contributed by atoms with Crippen LogP contribution < -0.4 is 0 Å². The third-order valence-corrected chi connectivity index (χ3v) is 2.68. The first-order valence-corrected chi connectivity index (χ1v) is 5.58.